The van der Waals surface area contributed by atoms with Gasteiger partial charge in [0.25, 0.3) is 0 Å². The van der Waals surface area contributed by atoms with Crippen molar-refractivity contribution in [1.29, 1.82) is 0 Å². The van der Waals surface area contributed by atoms with Gasteiger partial charge in [-0.2, -0.15) is 4.31 Å². The van der Waals surface area contributed by atoms with Gasteiger partial charge in [-0.3, -0.25) is 9.59 Å². The van der Waals surface area contributed by atoms with Gasteiger partial charge < -0.3 is 10.6 Å². The zero-order chi connectivity index (χ0) is 22.8. The Morgan fingerprint density at radius 1 is 1.06 bits per heavy atom. The maximum Gasteiger partial charge on any atom is 0.246 e. The predicted octanol–water partition coefficient (Wildman–Crippen LogP) is 3.62. The summed E-state index contributed by atoms with van der Waals surface area (Å²) in [7, 11) is -4.21. The second-order valence-electron chi connectivity index (χ2n) is 7.12. The molecule has 0 aliphatic carbocycles. The van der Waals surface area contributed by atoms with E-state index in [0.29, 0.717) is 17.4 Å². The fourth-order valence-corrected chi connectivity index (χ4v) is 5.08. The lowest BCUT2D eigenvalue weighted by molar-refractivity contribution is -0.121. The quantitative estimate of drug-likeness (QED) is 0.696. The summed E-state index contributed by atoms with van der Waals surface area (Å²) < 4.78 is 53.7. The van der Waals surface area contributed by atoms with Crippen molar-refractivity contribution in [2.24, 2.45) is 5.92 Å². The van der Waals surface area contributed by atoms with Gasteiger partial charge in [0.15, 0.2) is 0 Å². The average Bonchev–Trinajstić information content (AvgIpc) is 2.71. The molecule has 11 heteroatoms. The van der Waals surface area contributed by atoms with E-state index in [-0.39, 0.29) is 42.8 Å². The lowest BCUT2D eigenvalue weighted by Crippen LogP contribution is -2.41. The van der Waals surface area contributed by atoms with Crippen LogP contribution in [0.2, 0.25) is 5.02 Å². The second-order valence-corrected chi connectivity index (χ2v) is 9.43. The molecule has 166 valence electrons. The molecule has 1 aliphatic rings. The van der Waals surface area contributed by atoms with Crippen molar-refractivity contribution < 1.29 is 26.8 Å². The van der Waals surface area contributed by atoms with E-state index in [0.717, 1.165) is 16.4 Å². The summed E-state index contributed by atoms with van der Waals surface area (Å²) in [5.74, 6) is -2.94. The van der Waals surface area contributed by atoms with Gasteiger partial charge in [-0.25, -0.2) is 17.2 Å². The van der Waals surface area contributed by atoms with Gasteiger partial charge in [0.1, 0.15) is 16.5 Å². The summed E-state index contributed by atoms with van der Waals surface area (Å²) in [5.41, 5.74) is 0.844. The van der Waals surface area contributed by atoms with Crippen LogP contribution in [-0.4, -0.2) is 37.6 Å². The highest BCUT2D eigenvalue weighted by molar-refractivity contribution is 7.89. The van der Waals surface area contributed by atoms with E-state index < -0.39 is 32.5 Å². The van der Waals surface area contributed by atoms with Crippen LogP contribution in [0.5, 0.6) is 0 Å². The first-order valence-electron chi connectivity index (χ1n) is 9.41. The van der Waals surface area contributed by atoms with Crippen molar-refractivity contribution in [3.8, 4) is 0 Å². The van der Waals surface area contributed by atoms with Crippen molar-refractivity contribution in [3.05, 3.63) is 53.1 Å². The third kappa shape index (κ3) is 5.38. The van der Waals surface area contributed by atoms with Crippen LogP contribution in [0, 0.1) is 17.6 Å². The van der Waals surface area contributed by atoms with Crippen LogP contribution in [-0.2, 0) is 19.6 Å². The Labute approximate surface area is 183 Å². The number of rotatable bonds is 5. The summed E-state index contributed by atoms with van der Waals surface area (Å²) in [4.78, 5) is 23.0. The zero-order valence-electron chi connectivity index (χ0n) is 16.5. The monoisotopic (exact) mass is 471 g/mol. The van der Waals surface area contributed by atoms with E-state index >= 15 is 0 Å². The number of carbonyl (C=O) groups is 2. The van der Waals surface area contributed by atoms with Gasteiger partial charge in [0, 0.05) is 31.6 Å². The highest BCUT2D eigenvalue weighted by Gasteiger charge is 2.34. The van der Waals surface area contributed by atoms with Crippen LogP contribution in [0.25, 0.3) is 0 Å². The highest BCUT2D eigenvalue weighted by Crippen LogP contribution is 2.29. The number of hydrogen-bond donors (Lipinski definition) is 2. The first-order chi connectivity index (χ1) is 14.6. The van der Waals surface area contributed by atoms with Gasteiger partial charge >= 0.3 is 0 Å². The predicted molar refractivity (Wildman–Crippen MR) is 112 cm³/mol. The molecule has 1 fully saturated rings. The molecule has 2 aromatic rings. The number of nitrogens with one attached hydrogen (secondary N) is 2. The van der Waals surface area contributed by atoms with E-state index in [4.69, 9.17) is 11.6 Å². The van der Waals surface area contributed by atoms with Crippen LogP contribution in [0.3, 0.4) is 0 Å². The third-order valence-corrected chi connectivity index (χ3v) is 7.11. The molecule has 0 aromatic heterocycles. The number of anilines is 2. The van der Waals surface area contributed by atoms with Crippen LogP contribution in [0.15, 0.2) is 41.3 Å². The Morgan fingerprint density at radius 2 is 1.74 bits per heavy atom. The molecule has 0 bridgehead atoms. The molecular weight excluding hydrogens is 452 g/mol. The number of halogens is 3. The van der Waals surface area contributed by atoms with Gasteiger partial charge in [-0.15, -0.1) is 0 Å². The van der Waals surface area contributed by atoms with Crippen molar-refractivity contribution in [1.82, 2.24) is 4.31 Å². The molecule has 2 amide bonds. The van der Waals surface area contributed by atoms with Crippen molar-refractivity contribution in [2.75, 3.05) is 23.7 Å². The van der Waals surface area contributed by atoms with Crippen molar-refractivity contribution in [2.45, 2.75) is 24.7 Å². The molecule has 3 rings (SSSR count). The van der Waals surface area contributed by atoms with Crippen LogP contribution < -0.4 is 10.6 Å². The fraction of sp³-hybridized carbons (Fsp3) is 0.300. The van der Waals surface area contributed by atoms with Crippen LogP contribution >= 0.6 is 11.6 Å². The van der Waals surface area contributed by atoms with E-state index in [1.807, 2.05) is 0 Å². The molecule has 0 spiro atoms. The zero-order valence-corrected chi connectivity index (χ0v) is 18.1. The smallest absolute Gasteiger partial charge is 0.246 e. The molecule has 0 atom stereocenters. The van der Waals surface area contributed by atoms with E-state index in [2.05, 4.69) is 10.6 Å². The minimum atomic E-state index is -4.21. The van der Waals surface area contributed by atoms with Crippen LogP contribution in [0.4, 0.5) is 20.2 Å². The SMILES string of the molecule is CC(=O)Nc1ccc(NC(=O)C2CCN(S(=O)(=O)c3cc(F)ccc3F)CC2)c(Cl)c1. The molecule has 1 saturated heterocycles. The maximum atomic E-state index is 13.9. The minimum Gasteiger partial charge on any atom is -0.326 e. The summed E-state index contributed by atoms with van der Waals surface area (Å²) in [6, 6.07) is 6.91. The van der Waals surface area contributed by atoms with Gasteiger partial charge in [-0.1, -0.05) is 11.6 Å². The summed E-state index contributed by atoms with van der Waals surface area (Å²) in [6.07, 6.45) is 0.424. The standard InChI is InChI=1S/C20H20ClF2N3O4S/c1-12(27)24-15-3-5-18(16(21)11-15)25-20(28)13-6-8-26(9-7-13)31(29,30)19-10-14(22)2-4-17(19)23/h2-5,10-11,13H,6-9H2,1H3,(H,24,27)(H,25,28). The summed E-state index contributed by atoms with van der Waals surface area (Å²) >= 11 is 6.15. The Kier molecular flexibility index (Phi) is 6.93. The van der Waals surface area contributed by atoms with Crippen molar-refractivity contribution in [3.63, 3.8) is 0 Å². The highest BCUT2D eigenvalue weighted by atomic mass is 35.5. The fourth-order valence-electron chi connectivity index (χ4n) is 3.30. The Bertz CT molecular complexity index is 1120. The third-order valence-electron chi connectivity index (χ3n) is 4.88. The van der Waals surface area contributed by atoms with Gasteiger partial charge in [0.05, 0.1) is 10.7 Å². The number of sulfonamides is 1. The number of hydrogen-bond acceptors (Lipinski definition) is 4. The molecule has 1 heterocycles. The van der Waals surface area contributed by atoms with E-state index in [9.17, 15) is 26.8 Å². The summed E-state index contributed by atoms with van der Waals surface area (Å²) in [6.45, 7) is 1.34. The molecule has 0 saturated carbocycles. The van der Waals surface area contributed by atoms with Crippen LogP contribution in [0.1, 0.15) is 19.8 Å². The Morgan fingerprint density at radius 3 is 2.35 bits per heavy atom. The van der Waals surface area contributed by atoms with E-state index in [1.165, 1.54) is 13.0 Å². The van der Waals surface area contributed by atoms with Gasteiger partial charge in [-0.05, 0) is 49.2 Å². The molecule has 1 aliphatic heterocycles. The number of benzene rings is 2. The lowest BCUT2D eigenvalue weighted by Gasteiger charge is -2.30. The normalized spacial score (nSPS) is 15.5. The molecule has 2 aromatic carbocycles. The number of nitrogens with zero attached hydrogens (tertiary/aromatic N) is 1. The average molecular weight is 472 g/mol. The van der Waals surface area contributed by atoms with Gasteiger partial charge in [0.2, 0.25) is 21.8 Å². The molecular formula is C20H20ClF2N3O4S. The van der Waals surface area contributed by atoms with E-state index in [1.54, 1.807) is 12.1 Å². The maximum absolute atomic E-state index is 13.9. The Hall–Kier alpha value is -2.56. The topological polar surface area (TPSA) is 95.6 Å². The first kappa shape index (κ1) is 23.1. The summed E-state index contributed by atoms with van der Waals surface area (Å²) in [5, 5.41) is 5.52. The molecule has 0 unspecified atom stereocenters. The van der Waals surface area contributed by atoms with Crippen molar-refractivity contribution >= 4 is 44.8 Å². The first-order valence-corrected chi connectivity index (χ1v) is 11.2. The minimum absolute atomic E-state index is 0.00836. The molecule has 0 radical (unpaired) electrons. The number of carbonyl (C=O) groups excluding carboxylic acids is 2. The largest absolute Gasteiger partial charge is 0.326 e. The molecule has 31 heavy (non-hydrogen) atoms. The lowest BCUT2D eigenvalue weighted by atomic mass is 9.97. The second kappa shape index (κ2) is 9.29. The number of amides is 2. The number of piperidine rings is 1. The Balaban J connectivity index is 1.63. The molecule has 7 nitrogen and oxygen atoms in total. The molecule has 2 N–H and O–H groups in total.